The number of amides is 3. The number of halogens is 2. The zero-order chi connectivity index (χ0) is 22.4. The Morgan fingerprint density at radius 3 is 2.71 bits per heavy atom. The van der Waals surface area contributed by atoms with Crippen LogP contribution in [0.2, 0.25) is 5.02 Å². The van der Waals surface area contributed by atoms with E-state index in [9.17, 15) is 14.0 Å². The highest BCUT2D eigenvalue weighted by Gasteiger charge is 2.30. The maximum absolute atomic E-state index is 13.0. The largest absolute Gasteiger partial charge is 0.491 e. The number of anilines is 1. The van der Waals surface area contributed by atoms with Gasteiger partial charge in [0.15, 0.2) is 6.61 Å². The van der Waals surface area contributed by atoms with E-state index in [1.165, 1.54) is 30.3 Å². The molecule has 1 unspecified atom stereocenters. The molecule has 0 bridgehead atoms. The van der Waals surface area contributed by atoms with Crippen LogP contribution in [0.15, 0.2) is 42.5 Å². The van der Waals surface area contributed by atoms with Gasteiger partial charge in [0, 0.05) is 5.02 Å². The van der Waals surface area contributed by atoms with Gasteiger partial charge in [-0.15, -0.1) is 0 Å². The third-order valence-electron chi connectivity index (χ3n) is 4.63. The van der Waals surface area contributed by atoms with Gasteiger partial charge in [-0.1, -0.05) is 11.6 Å². The third kappa shape index (κ3) is 6.47. The van der Waals surface area contributed by atoms with Crippen molar-refractivity contribution in [3.05, 3.63) is 53.3 Å². The smallest absolute Gasteiger partial charge is 0.316 e. The molecule has 0 saturated carbocycles. The van der Waals surface area contributed by atoms with E-state index in [1.807, 2.05) is 6.92 Å². The lowest BCUT2D eigenvalue weighted by Crippen LogP contribution is -2.53. The molecule has 1 aliphatic heterocycles. The molecule has 3 N–H and O–H groups in total. The SMILES string of the molecule is C[C@H]1COC(COc2ccc(F)cc2)CN1C(=O)COc1ccc(Cl)cc1NC(N)=O. The Balaban J connectivity index is 1.56. The molecule has 3 rings (SSSR count). The summed E-state index contributed by atoms with van der Waals surface area (Å²) in [4.78, 5) is 25.6. The first-order valence-electron chi connectivity index (χ1n) is 9.60. The van der Waals surface area contributed by atoms with Crippen molar-refractivity contribution in [2.75, 3.05) is 31.7 Å². The molecular formula is C21H23ClFN3O5. The van der Waals surface area contributed by atoms with Crippen LogP contribution in [-0.4, -0.2) is 55.3 Å². The molecule has 10 heteroatoms. The van der Waals surface area contributed by atoms with Gasteiger partial charge in [-0.05, 0) is 49.4 Å². The summed E-state index contributed by atoms with van der Waals surface area (Å²) >= 11 is 5.93. The van der Waals surface area contributed by atoms with Crippen molar-refractivity contribution in [2.45, 2.75) is 19.1 Å². The van der Waals surface area contributed by atoms with Gasteiger partial charge < -0.3 is 30.2 Å². The minimum absolute atomic E-state index is 0.147. The first-order chi connectivity index (χ1) is 14.8. The molecule has 0 aromatic heterocycles. The van der Waals surface area contributed by atoms with Gasteiger partial charge in [-0.3, -0.25) is 4.79 Å². The molecule has 0 radical (unpaired) electrons. The maximum Gasteiger partial charge on any atom is 0.316 e. The van der Waals surface area contributed by atoms with Crippen LogP contribution in [0.5, 0.6) is 11.5 Å². The highest BCUT2D eigenvalue weighted by molar-refractivity contribution is 6.31. The van der Waals surface area contributed by atoms with Crippen molar-refractivity contribution in [1.82, 2.24) is 4.90 Å². The fourth-order valence-electron chi connectivity index (χ4n) is 3.07. The van der Waals surface area contributed by atoms with Crippen molar-refractivity contribution >= 4 is 29.2 Å². The van der Waals surface area contributed by atoms with Gasteiger partial charge >= 0.3 is 6.03 Å². The van der Waals surface area contributed by atoms with E-state index in [2.05, 4.69) is 5.32 Å². The second-order valence-electron chi connectivity index (χ2n) is 7.03. The van der Waals surface area contributed by atoms with E-state index in [0.717, 1.165) is 0 Å². The molecule has 2 atom stereocenters. The number of carbonyl (C=O) groups is 2. The number of benzene rings is 2. The van der Waals surface area contributed by atoms with Crippen molar-refractivity contribution in [3.8, 4) is 11.5 Å². The van der Waals surface area contributed by atoms with Crippen LogP contribution < -0.4 is 20.5 Å². The molecule has 1 aliphatic rings. The lowest BCUT2D eigenvalue weighted by molar-refractivity contribution is -0.147. The van der Waals surface area contributed by atoms with Crippen LogP contribution in [0.1, 0.15) is 6.92 Å². The van der Waals surface area contributed by atoms with Crippen LogP contribution in [0.25, 0.3) is 0 Å². The van der Waals surface area contributed by atoms with Crippen LogP contribution in [0, 0.1) is 5.82 Å². The molecular weight excluding hydrogens is 429 g/mol. The number of morpholine rings is 1. The summed E-state index contributed by atoms with van der Waals surface area (Å²) in [5.74, 6) is 0.194. The molecule has 3 amide bonds. The van der Waals surface area contributed by atoms with Gasteiger partial charge in [0.1, 0.15) is 30.0 Å². The average Bonchev–Trinajstić information content (AvgIpc) is 2.73. The van der Waals surface area contributed by atoms with E-state index in [1.54, 1.807) is 17.0 Å². The number of ether oxygens (including phenoxy) is 3. The number of urea groups is 1. The highest BCUT2D eigenvalue weighted by atomic mass is 35.5. The Kier molecular flexibility index (Phi) is 7.54. The van der Waals surface area contributed by atoms with Gasteiger partial charge in [0.2, 0.25) is 0 Å². The molecule has 31 heavy (non-hydrogen) atoms. The Morgan fingerprint density at radius 2 is 2.00 bits per heavy atom. The molecule has 1 fully saturated rings. The third-order valence-corrected chi connectivity index (χ3v) is 4.86. The molecule has 2 aromatic rings. The van der Waals surface area contributed by atoms with Crippen LogP contribution in [-0.2, 0) is 9.53 Å². The highest BCUT2D eigenvalue weighted by Crippen LogP contribution is 2.28. The number of primary amides is 1. The molecule has 2 aromatic carbocycles. The van der Waals surface area contributed by atoms with Crippen molar-refractivity contribution in [1.29, 1.82) is 0 Å². The number of hydrogen-bond acceptors (Lipinski definition) is 5. The summed E-state index contributed by atoms with van der Waals surface area (Å²) < 4.78 is 30.0. The monoisotopic (exact) mass is 451 g/mol. The van der Waals surface area contributed by atoms with E-state index in [-0.39, 0.29) is 48.5 Å². The summed E-state index contributed by atoms with van der Waals surface area (Å²) in [6.07, 6.45) is -0.340. The Hall–Kier alpha value is -3.04. The number of nitrogens with two attached hydrogens (primary N) is 1. The summed E-state index contributed by atoms with van der Waals surface area (Å²) in [6.45, 7) is 2.51. The van der Waals surface area contributed by atoms with Gasteiger partial charge in [-0.25, -0.2) is 9.18 Å². The summed E-state index contributed by atoms with van der Waals surface area (Å²) in [6, 6.07) is 9.36. The first kappa shape index (κ1) is 22.6. The Bertz CT molecular complexity index is 928. The molecule has 0 spiro atoms. The fraction of sp³-hybridized carbons (Fsp3) is 0.333. The van der Waals surface area contributed by atoms with Gasteiger partial charge in [-0.2, -0.15) is 0 Å². The van der Waals surface area contributed by atoms with E-state index in [0.29, 0.717) is 23.9 Å². The van der Waals surface area contributed by atoms with E-state index < -0.39 is 6.03 Å². The number of nitrogens with one attached hydrogen (secondary N) is 1. The molecule has 166 valence electrons. The number of hydrogen-bond donors (Lipinski definition) is 2. The van der Waals surface area contributed by atoms with Crippen LogP contribution in [0.4, 0.5) is 14.9 Å². The van der Waals surface area contributed by atoms with E-state index in [4.69, 9.17) is 31.5 Å². The van der Waals surface area contributed by atoms with E-state index >= 15 is 0 Å². The predicted octanol–water partition coefficient (Wildman–Crippen LogP) is 3.04. The topological polar surface area (TPSA) is 103 Å². The lowest BCUT2D eigenvalue weighted by atomic mass is 10.2. The summed E-state index contributed by atoms with van der Waals surface area (Å²) in [5.41, 5.74) is 5.43. The summed E-state index contributed by atoms with van der Waals surface area (Å²) in [5, 5.41) is 2.80. The Morgan fingerprint density at radius 1 is 1.26 bits per heavy atom. The average molecular weight is 452 g/mol. The number of nitrogens with zero attached hydrogens (tertiary/aromatic N) is 1. The minimum atomic E-state index is -0.774. The van der Waals surface area contributed by atoms with Gasteiger partial charge in [0.05, 0.1) is 24.9 Å². The van der Waals surface area contributed by atoms with Crippen LogP contribution in [0.3, 0.4) is 0 Å². The quantitative estimate of drug-likeness (QED) is 0.673. The molecule has 1 saturated heterocycles. The van der Waals surface area contributed by atoms with Crippen molar-refractivity contribution < 1.29 is 28.2 Å². The second-order valence-corrected chi connectivity index (χ2v) is 7.47. The maximum atomic E-state index is 13.0. The first-order valence-corrected chi connectivity index (χ1v) is 9.98. The fourth-order valence-corrected chi connectivity index (χ4v) is 3.24. The van der Waals surface area contributed by atoms with Crippen molar-refractivity contribution in [3.63, 3.8) is 0 Å². The minimum Gasteiger partial charge on any atom is -0.491 e. The standard InChI is InChI=1S/C21H23ClFN3O5/c1-13-10-29-17(11-30-16-5-3-15(23)4-6-16)9-26(13)20(27)12-31-19-7-2-14(22)8-18(19)25-21(24)28/h2-8,13,17H,9-12H2,1H3,(H3,24,25,28)/t13-,17?/m0/s1. The zero-order valence-electron chi connectivity index (χ0n) is 16.8. The molecule has 0 aliphatic carbocycles. The zero-order valence-corrected chi connectivity index (χ0v) is 17.6. The number of rotatable bonds is 7. The van der Waals surface area contributed by atoms with Crippen LogP contribution >= 0.6 is 11.6 Å². The normalized spacial score (nSPS) is 18.4. The molecule has 1 heterocycles. The summed E-state index contributed by atoms with van der Waals surface area (Å²) in [7, 11) is 0. The lowest BCUT2D eigenvalue weighted by Gasteiger charge is -2.37. The Labute approximate surface area is 184 Å². The molecule has 8 nitrogen and oxygen atoms in total. The second kappa shape index (κ2) is 10.3. The predicted molar refractivity (Wildman–Crippen MR) is 113 cm³/mol. The van der Waals surface area contributed by atoms with Crippen molar-refractivity contribution in [2.24, 2.45) is 5.73 Å². The van der Waals surface area contributed by atoms with Gasteiger partial charge in [0.25, 0.3) is 5.91 Å². The number of carbonyl (C=O) groups excluding carboxylic acids is 2.